The summed E-state index contributed by atoms with van der Waals surface area (Å²) in [7, 11) is 0. The average Bonchev–Trinajstić information content (AvgIpc) is 3.11. The van der Waals surface area contributed by atoms with E-state index in [9.17, 15) is 14.4 Å². The number of aryl methyl sites for hydroxylation is 1. The van der Waals surface area contributed by atoms with Crippen LogP contribution in [-0.4, -0.2) is 34.4 Å². The predicted octanol–water partition coefficient (Wildman–Crippen LogP) is 3.38. The van der Waals surface area contributed by atoms with Crippen molar-refractivity contribution in [2.45, 2.75) is 33.2 Å². The molecule has 1 fully saturated rings. The van der Waals surface area contributed by atoms with Gasteiger partial charge in [-0.2, -0.15) is 0 Å². The summed E-state index contributed by atoms with van der Waals surface area (Å²) in [5.41, 5.74) is 2.27. The van der Waals surface area contributed by atoms with Crippen LogP contribution in [-0.2, 0) is 16.1 Å². The fourth-order valence-electron chi connectivity index (χ4n) is 3.92. The zero-order valence-corrected chi connectivity index (χ0v) is 21.4. The van der Waals surface area contributed by atoms with Gasteiger partial charge in [0.2, 0.25) is 5.91 Å². The van der Waals surface area contributed by atoms with Crippen molar-refractivity contribution in [1.29, 1.82) is 0 Å². The summed E-state index contributed by atoms with van der Waals surface area (Å²) in [6.45, 7) is 5.44. The number of hydrogen-bond acceptors (Lipinski definition) is 4. The maximum absolute atomic E-state index is 13.3. The van der Waals surface area contributed by atoms with E-state index < -0.39 is 0 Å². The van der Waals surface area contributed by atoms with Crippen LogP contribution in [0.3, 0.4) is 0 Å². The summed E-state index contributed by atoms with van der Waals surface area (Å²) in [6.07, 6.45) is 5.05. The number of aromatic nitrogens is 1. The van der Waals surface area contributed by atoms with Gasteiger partial charge in [0.25, 0.3) is 11.5 Å². The van der Waals surface area contributed by atoms with Crippen LogP contribution >= 0.6 is 22.9 Å². The molecule has 1 aliphatic heterocycles. The van der Waals surface area contributed by atoms with Crippen LogP contribution in [0.15, 0.2) is 53.3 Å². The van der Waals surface area contributed by atoms with Gasteiger partial charge in [-0.1, -0.05) is 48.4 Å². The van der Waals surface area contributed by atoms with E-state index in [1.807, 2.05) is 48.2 Å². The zero-order chi connectivity index (χ0) is 24.9. The number of anilines is 1. The Morgan fingerprint density at radius 3 is 2.40 bits per heavy atom. The van der Waals surface area contributed by atoms with Crippen molar-refractivity contribution < 1.29 is 9.59 Å². The highest BCUT2D eigenvalue weighted by Gasteiger charge is 2.21. The quantitative estimate of drug-likeness (QED) is 0.573. The molecule has 6 nitrogen and oxygen atoms in total. The molecule has 0 unspecified atom stereocenters. The molecule has 2 aromatic carbocycles. The van der Waals surface area contributed by atoms with Crippen molar-refractivity contribution in [3.8, 4) is 0 Å². The maximum Gasteiger partial charge on any atom is 0.269 e. The number of piperidine rings is 1. The molecule has 1 N–H and O–H groups in total. The van der Waals surface area contributed by atoms with Gasteiger partial charge < -0.3 is 10.2 Å². The Hall–Kier alpha value is -3.16. The molecule has 0 atom stereocenters. The number of rotatable bonds is 5. The Balaban J connectivity index is 1.68. The van der Waals surface area contributed by atoms with Crippen LogP contribution < -0.4 is 20.1 Å². The zero-order valence-electron chi connectivity index (χ0n) is 19.8. The van der Waals surface area contributed by atoms with Gasteiger partial charge in [-0.3, -0.25) is 19.0 Å². The summed E-state index contributed by atoms with van der Waals surface area (Å²) in [5, 5.41) is 3.43. The number of likely N-dealkylation sites (tertiary alicyclic amines) is 1. The molecule has 1 aliphatic rings. The average molecular weight is 510 g/mol. The van der Waals surface area contributed by atoms with Gasteiger partial charge in [0.1, 0.15) is 11.2 Å². The fraction of sp³-hybridized carbons (Fsp3) is 0.296. The number of nitrogens with zero attached hydrogens (tertiary/aromatic N) is 2. The topological polar surface area (TPSA) is 71.4 Å². The minimum atomic E-state index is -0.360. The molecule has 2 heterocycles. The van der Waals surface area contributed by atoms with Crippen LogP contribution in [0.5, 0.6) is 0 Å². The summed E-state index contributed by atoms with van der Waals surface area (Å²) in [5.74, 6) is 0.127. The SMILES string of the molecule is Cc1ccc(NC(=O)C=c2sc(=Cc3ccc(Cl)cc3)c(=O)n2CC(=O)N2CCC(C)CC2)cc1. The van der Waals surface area contributed by atoms with Crippen molar-refractivity contribution in [3.63, 3.8) is 0 Å². The Labute approximate surface area is 213 Å². The smallest absolute Gasteiger partial charge is 0.269 e. The first-order chi connectivity index (χ1) is 16.8. The number of halogens is 1. The molecule has 4 rings (SSSR count). The monoisotopic (exact) mass is 509 g/mol. The number of carbonyl (C=O) groups excluding carboxylic acids is 2. The molecule has 0 aliphatic carbocycles. The Morgan fingerprint density at radius 1 is 1.09 bits per heavy atom. The molecule has 8 heteroatoms. The molecular formula is C27H28ClN3O3S. The van der Waals surface area contributed by atoms with Gasteiger partial charge in [-0.15, -0.1) is 11.3 Å². The van der Waals surface area contributed by atoms with E-state index in [4.69, 9.17) is 11.6 Å². The van der Waals surface area contributed by atoms with Gasteiger partial charge >= 0.3 is 0 Å². The third kappa shape index (κ3) is 6.50. The predicted molar refractivity (Wildman–Crippen MR) is 142 cm³/mol. The minimum absolute atomic E-state index is 0.0954. The molecule has 0 spiro atoms. The minimum Gasteiger partial charge on any atom is -0.341 e. The number of carbonyl (C=O) groups is 2. The molecule has 182 valence electrons. The lowest BCUT2D eigenvalue weighted by molar-refractivity contribution is -0.133. The van der Waals surface area contributed by atoms with E-state index in [0.717, 1.165) is 24.0 Å². The molecule has 0 saturated carbocycles. The van der Waals surface area contributed by atoms with E-state index in [0.29, 0.717) is 38.9 Å². The molecule has 2 amide bonds. The third-order valence-electron chi connectivity index (χ3n) is 6.11. The number of thiazole rings is 1. The first-order valence-corrected chi connectivity index (χ1v) is 12.8. The highest BCUT2D eigenvalue weighted by Crippen LogP contribution is 2.16. The Kier molecular flexibility index (Phi) is 7.88. The number of hydrogen-bond donors (Lipinski definition) is 1. The van der Waals surface area contributed by atoms with Crippen LogP contribution in [0.1, 0.15) is 30.9 Å². The van der Waals surface area contributed by atoms with Crippen LogP contribution in [0, 0.1) is 12.8 Å². The summed E-state index contributed by atoms with van der Waals surface area (Å²) >= 11 is 7.17. The van der Waals surface area contributed by atoms with Crippen molar-refractivity contribution in [1.82, 2.24) is 9.47 Å². The normalized spacial score (nSPS) is 15.5. The second-order valence-corrected chi connectivity index (χ2v) is 10.5. The fourth-order valence-corrected chi connectivity index (χ4v) is 5.09. The van der Waals surface area contributed by atoms with Gasteiger partial charge in [-0.05, 0) is 61.6 Å². The van der Waals surface area contributed by atoms with E-state index in [-0.39, 0.29) is 23.9 Å². The van der Waals surface area contributed by atoms with Crippen molar-refractivity contribution in [3.05, 3.63) is 84.2 Å². The molecular weight excluding hydrogens is 482 g/mol. The van der Waals surface area contributed by atoms with E-state index in [1.165, 1.54) is 22.0 Å². The van der Waals surface area contributed by atoms with Gasteiger partial charge in [0, 0.05) is 29.9 Å². The lowest BCUT2D eigenvalue weighted by atomic mass is 9.99. The molecule has 1 saturated heterocycles. The van der Waals surface area contributed by atoms with E-state index >= 15 is 0 Å². The molecule has 1 aromatic heterocycles. The molecule has 0 radical (unpaired) electrons. The van der Waals surface area contributed by atoms with Gasteiger partial charge in [0.15, 0.2) is 0 Å². The first kappa shape index (κ1) is 24.9. The Bertz CT molecular complexity index is 1380. The summed E-state index contributed by atoms with van der Waals surface area (Å²) in [4.78, 5) is 40.9. The third-order valence-corrected chi connectivity index (χ3v) is 7.42. The highest BCUT2D eigenvalue weighted by atomic mass is 35.5. The molecule has 3 aromatic rings. The first-order valence-electron chi connectivity index (χ1n) is 11.6. The van der Waals surface area contributed by atoms with Gasteiger partial charge in [0.05, 0.1) is 4.53 Å². The standard InChI is InChI=1S/C27H28ClN3O3S/c1-18-3-9-22(10-4-18)29-24(32)16-26-31(17-25(33)30-13-11-19(2)12-14-30)27(34)23(35-26)15-20-5-7-21(28)8-6-20/h3-10,15-16,19H,11-14,17H2,1-2H3,(H,29,32). The molecule has 0 bridgehead atoms. The van der Waals surface area contributed by atoms with E-state index in [1.54, 1.807) is 18.2 Å². The lowest BCUT2D eigenvalue weighted by Gasteiger charge is -2.30. The van der Waals surface area contributed by atoms with Crippen molar-refractivity contribution in [2.75, 3.05) is 18.4 Å². The highest BCUT2D eigenvalue weighted by molar-refractivity contribution is 7.07. The van der Waals surface area contributed by atoms with Crippen molar-refractivity contribution >= 4 is 52.6 Å². The number of amides is 2. The second kappa shape index (κ2) is 11.1. The summed E-state index contributed by atoms with van der Waals surface area (Å²) in [6, 6.07) is 14.6. The van der Waals surface area contributed by atoms with Crippen molar-refractivity contribution in [2.24, 2.45) is 5.92 Å². The maximum atomic E-state index is 13.3. The lowest BCUT2D eigenvalue weighted by Crippen LogP contribution is -2.43. The van der Waals surface area contributed by atoms with Crippen LogP contribution in [0.25, 0.3) is 12.2 Å². The van der Waals surface area contributed by atoms with E-state index in [2.05, 4.69) is 12.2 Å². The summed E-state index contributed by atoms with van der Waals surface area (Å²) < 4.78 is 2.28. The van der Waals surface area contributed by atoms with Crippen LogP contribution in [0.2, 0.25) is 5.02 Å². The Morgan fingerprint density at radius 2 is 1.74 bits per heavy atom. The number of nitrogens with one attached hydrogen (secondary N) is 1. The molecule has 35 heavy (non-hydrogen) atoms. The number of benzene rings is 2. The second-order valence-electron chi connectivity index (χ2n) is 8.95. The van der Waals surface area contributed by atoms with Gasteiger partial charge in [-0.25, -0.2) is 0 Å². The van der Waals surface area contributed by atoms with Crippen LogP contribution in [0.4, 0.5) is 5.69 Å². The largest absolute Gasteiger partial charge is 0.341 e.